The van der Waals surface area contributed by atoms with Crippen LogP contribution in [0.4, 0.5) is 5.69 Å². The topological polar surface area (TPSA) is 54.3 Å². The number of anilines is 1. The van der Waals surface area contributed by atoms with Crippen molar-refractivity contribution in [1.29, 1.82) is 5.26 Å². The SMILES string of the molecule is COC(CC(C)(C#N)Nc1ccccc1C)OC. The highest BCUT2D eigenvalue weighted by Crippen LogP contribution is 2.23. The number of aryl methyl sites for hydroxylation is 1. The van der Waals surface area contributed by atoms with Crippen molar-refractivity contribution in [3.05, 3.63) is 29.8 Å². The molecular weight excluding hydrogens is 228 g/mol. The van der Waals surface area contributed by atoms with Crippen molar-refractivity contribution in [2.75, 3.05) is 19.5 Å². The fraction of sp³-hybridized carbons (Fsp3) is 0.500. The quantitative estimate of drug-likeness (QED) is 0.786. The van der Waals surface area contributed by atoms with Gasteiger partial charge in [-0.1, -0.05) is 18.2 Å². The number of para-hydroxylation sites is 1. The lowest BCUT2D eigenvalue weighted by Gasteiger charge is -2.28. The molecule has 0 bridgehead atoms. The van der Waals surface area contributed by atoms with Gasteiger partial charge in [0.15, 0.2) is 6.29 Å². The normalized spacial score (nSPS) is 14.0. The molecule has 1 unspecified atom stereocenters. The van der Waals surface area contributed by atoms with Crippen molar-refractivity contribution in [1.82, 2.24) is 0 Å². The third-order valence-electron chi connectivity index (χ3n) is 2.90. The Morgan fingerprint density at radius 1 is 1.33 bits per heavy atom. The van der Waals surface area contributed by atoms with Crippen molar-refractivity contribution >= 4 is 5.69 Å². The Labute approximate surface area is 109 Å². The summed E-state index contributed by atoms with van der Waals surface area (Å²) in [6, 6.07) is 10.2. The van der Waals surface area contributed by atoms with Gasteiger partial charge in [0.1, 0.15) is 5.54 Å². The predicted molar refractivity (Wildman–Crippen MR) is 71.2 cm³/mol. The smallest absolute Gasteiger partial charge is 0.160 e. The van der Waals surface area contributed by atoms with Crippen LogP contribution in [0.25, 0.3) is 0 Å². The van der Waals surface area contributed by atoms with Gasteiger partial charge in [-0.15, -0.1) is 0 Å². The van der Waals surface area contributed by atoms with Crippen LogP contribution in [0, 0.1) is 18.3 Å². The van der Waals surface area contributed by atoms with E-state index in [9.17, 15) is 5.26 Å². The van der Waals surface area contributed by atoms with Gasteiger partial charge in [-0.05, 0) is 25.5 Å². The van der Waals surface area contributed by atoms with Gasteiger partial charge >= 0.3 is 0 Å². The molecule has 0 spiro atoms. The van der Waals surface area contributed by atoms with Crippen LogP contribution < -0.4 is 5.32 Å². The molecule has 0 aromatic heterocycles. The first kappa shape index (κ1) is 14.5. The Hall–Kier alpha value is -1.57. The second-order valence-electron chi connectivity index (χ2n) is 4.49. The summed E-state index contributed by atoms with van der Waals surface area (Å²) in [5.74, 6) is 0. The summed E-state index contributed by atoms with van der Waals surface area (Å²) in [7, 11) is 3.14. The van der Waals surface area contributed by atoms with E-state index in [-0.39, 0.29) is 0 Å². The molecule has 1 N–H and O–H groups in total. The van der Waals surface area contributed by atoms with Crippen molar-refractivity contribution < 1.29 is 9.47 Å². The summed E-state index contributed by atoms with van der Waals surface area (Å²) in [6.45, 7) is 3.84. The molecule has 98 valence electrons. The minimum Gasteiger partial charge on any atom is -0.367 e. The molecule has 0 radical (unpaired) electrons. The molecule has 0 fully saturated rings. The summed E-state index contributed by atoms with van der Waals surface area (Å²) in [4.78, 5) is 0. The van der Waals surface area contributed by atoms with E-state index in [4.69, 9.17) is 9.47 Å². The number of ether oxygens (including phenoxy) is 2. The highest BCUT2D eigenvalue weighted by atomic mass is 16.7. The van der Waals surface area contributed by atoms with Crippen molar-refractivity contribution in [2.45, 2.75) is 32.1 Å². The van der Waals surface area contributed by atoms with Gasteiger partial charge < -0.3 is 14.8 Å². The molecule has 4 heteroatoms. The Bertz CT molecular complexity index is 424. The molecule has 4 nitrogen and oxygen atoms in total. The first-order valence-corrected chi connectivity index (χ1v) is 5.85. The molecule has 1 aromatic carbocycles. The maximum Gasteiger partial charge on any atom is 0.160 e. The third kappa shape index (κ3) is 3.73. The minimum atomic E-state index is -0.733. The first-order chi connectivity index (χ1) is 8.54. The number of benzene rings is 1. The fourth-order valence-corrected chi connectivity index (χ4v) is 1.73. The zero-order valence-electron chi connectivity index (χ0n) is 11.4. The maximum absolute atomic E-state index is 9.35. The molecule has 0 aliphatic heterocycles. The average Bonchev–Trinajstić information content (AvgIpc) is 2.39. The second-order valence-corrected chi connectivity index (χ2v) is 4.49. The van der Waals surface area contributed by atoms with E-state index in [0.29, 0.717) is 6.42 Å². The lowest BCUT2D eigenvalue weighted by atomic mass is 9.98. The lowest BCUT2D eigenvalue weighted by molar-refractivity contribution is -0.110. The van der Waals surface area contributed by atoms with E-state index < -0.39 is 11.8 Å². The number of nitrogens with one attached hydrogen (secondary N) is 1. The summed E-state index contributed by atoms with van der Waals surface area (Å²) >= 11 is 0. The molecule has 0 heterocycles. The molecule has 18 heavy (non-hydrogen) atoms. The second kappa shape index (κ2) is 6.39. The van der Waals surface area contributed by atoms with Gasteiger partial charge in [0.2, 0.25) is 0 Å². The molecule has 1 rings (SSSR count). The van der Waals surface area contributed by atoms with Gasteiger partial charge in [0.25, 0.3) is 0 Å². The molecule has 0 saturated heterocycles. The number of hydrogen-bond acceptors (Lipinski definition) is 4. The van der Waals surface area contributed by atoms with Gasteiger partial charge in [-0.25, -0.2) is 0 Å². The number of nitrogens with zero attached hydrogens (tertiary/aromatic N) is 1. The van der Waals surface area contributed by atoms with Crippen molar-refractivity contribution in [3.63, 3.8) is 0 Å². The third-order valence-corrected chi connectivity index (χ3v) is 2.90. The molecule has 0 amide bonds. The van der Waals surface area contributed by atoms with Crippen molar-refractivity contribution in [2.24, 2.45) is 0 Å². The molecule has 0 aliphatic rings. The number of methoxy groups -OCH3 is 2. The summed E-state index contributed by atoms with van der Waals surface area (Å²) < 4.78 is 10.3. The Morgan fingerprint density at radius 2 is 1.94 bits per heavy atom. The Balaban J connectivity index is 2.84. The standard InChI is InChI=1S/C14H20N2O2/c1-11-7-5-6-8-12(11)16-14(2,10-15)9-13(17-3)18-4/h5-8,13,16H,9H2,1-4H3. The van der Waals surface area contributed by atoms with Crippen LogP contribution in [0.15, 0.2) is 24.3 Å². The number of hydrogen-bond donors (Lipinski definition) is 1. The van der Waals surface area contributed by atoms with E-state index in [1.54, 1.807) is 14.2 Å². The summed E-state index contributed by atoms with van der Waals surface area (Å²) in [5, 5.41) is 12.6. The van der Waals surface area contributed by atoms with E-state index in [0.717, 1.165) is 11.3 Å². The van der Waals surface area contributed by atoms with Gasteiger partial charge in [-0.3, -0.25) is 0 Å². The van der Waals surface area contributed by atoms with E-state index >= 15 is 0 Å². The first-order valence-electron chi connectivity index (χ1n) is 5.85. The molecule has 0 aliphatic carbocycles. The fourth-order valence-electron chi connectivity index (χ4n) is 1.73. The van der Waals surface area contributed by atoms with Crippen LogP contribution in [0.5, 0.6) is 0 Å². The largest absolute Gasteiger partial charge is 0.367 e. The highest BCUT2D eigenvalue weighted by Gasteiger charge is 2.28. The van der Waals surface area contributed by atoms with Gasteiger partial charge in [0.05, 0.1) is 6.07 Å². The van der Waals surface area contributed by atoms with Crippen LogP contribution in [0.3, 0.4) is 0 Å². The van der Waals surface area contributed by atoms with E-state index in [1.807, 2.05) is 38.1 Å². The summed E-state index contributed by atoms with van der Waals surface area (Å²) in [5.41, 5.74) is 1.32. The highest BCUT2D eigenvalue weighted by molar-refractivity contribution is 5.53. The number of rotatable bonds is 6. The van der Waals surface area contributed by atoms with E-state index in [2.05, 4.69) is 11.4 Å². The van der Waals surface area contributed by atoms with Crippen molar-refractivity contribution in [3.8, 4) is 6.07 Å². The van der Waals surface area contributed by atoms with Crippen LogP contribution in [0.1, 0.15) is 18.9 Å². The van der Waals surface area contributed by atoms with Crippen LogP contribution >= 0.6 is 0 Å². The average molecular weight is 248 g/mol. The maximum atomic E-state index is 9.35. The lowest BCUT2D eigenvalue weighted by Crippen LogP contribution is -2.38. The molecule has 1 atom stereocenters. The monoisotopic (exact) mass is 248 g/mol. The Kier molecular flexibility index (Phi) is 5.14. The molecule has 0 saturated carbocycles. The van der Waals surface area contributed by atoms with E-state index in [1.165, 1.54) is 0 Å². The van der Waals surface area contributed by atoms with Gasteiger partial charge in [0, 0.05) is 26.3 Å². The number of nitriles is 1. The van der Waals surface area contributed by atoms with Crippen LogP contribution in [-0.4, -0.2) is 26.0 Å². The Morgan fingerprint density at radius 3 is 2.44 bits per heavy atom. The minimum absolute atomic E-state index is 0.397. The predicted octanol–water partition coefficient (Wildman–Crippen LogP) is 2.70. The molecule has 1 aromatic rings. The molecular formula is C14H20N2O2. The zero-order chi connectivity index (χ0) is 13.6. The summed E-state index contributed by atoms with van der Waals surface area (Å²) in [6.07, 6.45) is 0.0522. The van der Waals surface area contributed by atoms with Crippen LogP contribution in [-0.2, 0) is 9.47 Å². The van der Waals surface area contributed by atoms with Gasteiger partial charge in [-0.2, -0.15) is 5.26 Å². The van der Waals surface area contributed by atoms with Crippen LogP contribution in [0.2, 0.25) is 0 Å². The zero-order valence-corrected chi connectivity index (χ0v) is 11.4.